The Kier molecular flexibility index (Phi) is 5.68. The second-order valence-electron chi connectivity index (χ2n) is 9.52. The summed E-state index contributed by atoms with van der Waals surface area (Å²) in [7, 11) is 6.93. The zero-order chi connectivity index (χ0) is 23.1. The first-order valence-corrected chi connectivity index (χ1v) is 11.1. The molecule has 0 aliphatic carbocycles. The van der Waals surface area contributed by atoms with Crippen LogP contribution in [0, 0.1) is 10.8 Å². The zero-order valence-electron chi connectivity index (χ0n) is 19.4. The maximum atomic E-state index is 13.3. The molecule has 32 heavy (non-hydrogen) atoms. The van der Waals surface area contributed by atoms with Crippen LogP contribution in [0.5, 0.6) is 5.75 Å². The predicted octanol–water partition coefficient (Wildman–Crippen LogP) is 2.15. The van der Waals surface area contributed by atoms with Crippen LogP contribution in [-0.4, -0.2) is 98.5 Å². The first-order chi connectivity index (χ1) is 15.2. The topological polar surface area (TPSA) is 85.4 Å². The van der Waals surface area contributed by atoms with Crippen molar-refractivity contribution in [2.45, 2.75) is 19.3 Å². The SMILES string of the molecule is COc1cccc(NC(=O)N2CCC3(CC2)CN(C(=O)N(C)C)C[C@]32CCN(C)C2=O)c1. The molecule has 1 atom stereocenters. The van der Waals surface area contributed by atoms with Crippen molar-refractivity contribution in [3.63, 3.8) is 0 Å². The molecule has 3 saturated heterocycles. The highest BCUT2D eigenvalue weighted by molar-refractivity contribution is 5.90. The van der Waals surface area contributed by atoms with E-state index in [0.29, 0.717) is 57.0 Å². The van der Waals surface area contributed by atoms with Gasteiger partial charge < -0.3 is 29.7 Å². The number of likely N-dealkylation sites (tertiary alicyclic amines) is 3. The number of ether oxygens (including phenoxy) is 1. The van der Waals surface area contributed by atoms with Gasteiger partial charge in [-0.1, -0.05) is 6.07 Å². The summed E-state index contributed by atoms with van der Waals surface area (Å²) in [5, 5.41) is 2.94. The maximum Gasteiger partial charge on any atom is 0.321 e. The minimum atomic E-state index is -0.553. The second-order valence-corrected chi connectivity index (χ2v) is 9.52. The van der Waals surface area contributed by atoms with Crippen LogP contribution in [0.1, 0.15) is 19.3 Å². The van der Waals surface area contributed by atoms with Crippen molar-refractivity contribution in [3.05, 3.63) is 24.3 Å². The molecule has 1 aromatic carbocycles. The number of rotatable bonds is 2. The lowest BCUT2D eigenvalue weighted by atomic mass is 9.60. The predicted molar refractivity (Wildman–Crippen MR) is 121 cm³/mol. The third-order valence-corrected chi connectivity index (χ3v) is 7.58. The van der Waals surface area contributed by atoms with Crippen LogP contribution in [-0.2, 0) is 4.79 Å². The minimum absolute atomic E-state index is 0.0539. The maximum absolute atomic E-state index is 13.3. The van der Waals surface area contributed by atoms with E-state index < -0.39 is 5.41 Å². The highest BCUT2D eigenvalue weighted by atomic mass is 16.5. The number of carbonyl (C=O) groups excluding carboxylic acids is 3. The zero-order valence-corrected chi connectivity index (χ0v) is 19.4. The van der Waals surface area contributed by atoms with E-state index in [9.17, 15) is 14.4 Å². The Labute approximate surface area is 189 Å². The van der Waals surface area contributed by atoms with Gasteiger partial charge in [0.1, 0.15) is 5.75 Å². The van der Waals surface area contributed by atoms with Crippen LogP contribution >= 0.6 is 0 Å². The fraction of sp³-hybridized carbons (Fsp3) is 0.609. The summed E-state index contributed by atoms with van der Waals surface area (Å²) in [4.78, 5) is 46.0. The van der Waals surface area contributed by atoms with Gasteiger partial charge in [-0.2, -0.15) is 0 Å². The highest BCUT2D eigenvalue weighted by Gasteiger charge is 2.65. The second kappa shape index (κ2) is 8.18. The molecule has 3 heterocycles. The number of hydrogen-bond donors (Lipinski definition) is 1. The van der Waals surface area contributed by atoms with Crippen molar-refractivity contribution in [1.29, 1.82) is 0 Å². The Hall–Kier alpha value is -2.97. The van der Waals surface area contributed by atoms with Gasteiger partial charge in [-0.25, -0.2) is 9.59 Å². The van der Waals surface area contributed by atoms with Gasteiger partial charge in [0.05, 0.1) is 12.5 Å². The summed E-state index contributed by atoms with van der Waals surface area (Å²) < 4.78 is 5.23. The molecule has 5 amide bonds. The quantitative estimate of drug-likeness (QED) is 0.759. The number of urea groups is 2. The number of nitrogens with zero attached hydrogens (tertiary/aromatic N) is 4. The van der Waals surface area contributed by atoms with Gasteiger partial charge in [0, 0.05) is 71.0 Å². The first-order valence-electron chi connectivity index (χ1n) is 11.1. The third-order valence-electron chi connectivity index (χ3n) is 7.58. The molecule has 0 radical (unpaired) electrons. The van der Waals surface area contributed by atoms with E-state index in [2.05, 4.69) is 5.32 Å². The lowest BCUT2D eigenvalue weighted by Gasteiger charge is -2.46. The summed E-state index contributed by atoms with van der Waals surface area (Å²) >= 11 is 0. The Morgan fingerprint density at radius 2 is 1.78 bits per heavy atom. The lowest BCUT2D eigenvalue weighted by Crippen LogP contribution is -2.54. The Bertz CT molecular complexity index is 911. The molecule has 0 aromatic heterocycles. The van der Waals surface area contributed by atoms with Crippen molar-refractivity contribution in [3.8, 4) is 5.75 Å². The van der Waals surface area contributed by atoms with Gasteiger partial charge in [-0.05, 0) is 31.4 Å². The molecule has 4 rings (SSSR count). The number of nitrogens with one attached hydrogen (secondary N) is 1. The molecule has 1 aromatic rings. The van der Waals surface area contributed by atoms with E-state index in [4.69, 9.17) is 4.74 Å². The van der Waals surface area contributed by atoms with Crippen LogP contribution in [0.3, 0.4) is 0 Å². The Balaban J connectivity index is 1.50. The molecule has 9 nitrogen and oxygen atoms in total. The normalized spacial score (nSPS) is 24.4. The van der Waals surface area contributed by atoms with Gasteiger partial charge in [0.15, 0.2) is 0 Å². The molecule has 1 N–H and O–H groups in total. The molecule has 2 spiro atoms. The van der Waals surface area contributed by atoms with Crippen LogP contribution in [0.25, 0.3) is 0 Å². The molecular weight excluding hydrogens is 410 g/mol. The van der Waals surface area contributed by atoms with Gasteiger partial charge in [0.2, 0.25) is 5.91 Å². The van der Waals surface area contributed by atoms with Crippen molar-refractivity contribution in [2.24, 2.45) is 10.8 Å². The van der Waals surface area contributed by atoms with E-state index in [1.54, 1.807) is 42.0 Å². The van der Waals surface area contributed by atoms with E-state index in [1.807, 2.05) is 30.1 Å². The molecule has 0 saturated carbocycles. The van der Waals surface area contributed by atoms with Crippen LogP contribution in [0.2, 0.25) is 0 Å². The smallest absolute Gasteiger partial charge is 0.321 e. The van der Waals surface area contributed by atoms with Crippen LogP contribution in [0.4, 0.5) is 15.3 Å². The van der Waals surface area contributed by atoms with Gasteiger partial charge in [-0.3, -0.25) is 4.79 Å². The van der Waals surface area contributed by atoms with Gasteiger partial charge in [-0.15, -0.1) is 0 Å². The summed E-state index contributed by atoms with van der Waals surface area (Å²) in [6.45, 7) is 2.85. The number of amides is 5. The minimum Gasteiger partial charge on any atom is -0.497 e. The fourth-order valence-corrected chi connectivity index (χ4v) is 5.73. The van der Waals surface area contributed by atoms with Crippen LogP contribution < -0.4 is 10.1 Å². The number of piperidine rings is 1. The summed E-state index contributed by atoms with van der Waals surface area (Å²) in [6.07, 6.45) is 2.17. The van der Waals surface area contributed by atoms with Crippen molar-refractivity contribution in [1.82, 2.24) is 19.6 Å². The van der Waals surface area contributed by atoms with Crippen molar-refractivity contribution < 1.29 is 19.1 Å². The fourth-order valence-electron chi connectivity index (χ4n) is 5.73. The van der Waals surface area contributed by atoms with Gasteiger partial charge in [0.25, 0.3) is 0 Å². The van der Waals surface area contributed by atoms with Crippen molar-refractivity contribution in [2.75, 3.05) is 66.3 Å². The standard InChI is InChI=1S/C23H33N5O4/c1-25(2)21(31)28-15-22(23(16-28)10-11-26(3)19(23)29)8-12-27(13-9-22)20(30)24-17-6-5-7-18(14-17)32-4/h5-7,14H,8-13,15-16H2,1-4H3,(H,24,30)/t23-/m0/s1. The largest absolute Gasteiger partial charge is 0.497 e. The third kappa shape index (κ3) is 3.53. The summed E-state index contributed by atoms with van der Waals surface area (Å²) in [6, 6.07) is 7.07. The molecule has 3 aliphatic heterocycles. The number of methoxy groups -OCH3 is 1. The van der Waals surface area contributed by atoms with Crippen LogP contribution in [0.15, 0.2) is 24.3 Å². The molecule has 0 unspecified atom stereocenters. The average molecular weight is 444 g/mol. The lowest BCUT2D eigenvalue weighted by molar-refractivity contribution is -0.140. The number of fused-ring (bicyclic) bond motifs is 1. The molecular formula is C23H33N5O4. The number of carbonyl (C=O) groups is 3. The monoisotopic (exact) mass is 443 g/mol. The Morgan fingerprint density at radius 3 is 2.38 bits per heavy atom. The Morgan fingerprint density at radius 1 is 1.06 bits per heavy atom. The number of hydrogen-bond acceptors (Lipinski definition) is 4. The molecule has 3 fully saturated rings. The summed E-state index contributed by atoms with van der Waals surface area (Å²) in [5.74, 6) is 0.823. The first kappa shape index (κ1) is 22.2. The molecule has 9 heteroatoms. The number of benzene rings is 1. The van der Waals surface area contributed by atoms with E-state index in [0.717, 1.165) is 6.42 Å². The molecule has 174 valence electrons. The average Bonchev–Trinajstić information content (AvgIpc) is 3.26. The summed E-state index contributed by atoms with van der Waals surface area (Å²) in [5.41, 5.74) is -0.168. The van der Waals surface area contributed by atoms with E-state index in [-0.39, 0.29) is 23.4 Å². The van der Waals surface area contributed by atoms with Gasteiger partial charge >= 0.3 is 12.1 Å². The molecule has 3 aliphatic rings. The van der Waals surface area contributed by atoms with Crippen molar-refractivity contribution >= 4 is 23.7 Å². The molecule has 0 bridgehead atoms. The van der Waals surface area contributed by atoms with E-state index in [1.165, 1.54) is 0 Å². The number of anilines is 1. The highest BCUT2D eigenvalue weighted by Crippen LogP contribution is 2.57. The van der Waals surface area contributed by atoms with E-state index >= 15 is 0 Å².